The van der Waals surface area contributed by atoms with Crippen molar-refractivity contribution >= 4 is 23.2 Å². The normalized spacial score (nSPS) is 10.3. The quantitative estimate of drug-likeness (QED) is 0.858. The summed E-state index contributed by atoms with van der Waals surface area (Å²) in [5.74, 6) is -1.35. The van der Waals surface area contributed by atoms with Crippen LogP contribution in [0.2, 0.25) is 0 Å². The van der Waals surface area contributed by atoms with Gasteiger partial charge in [-0.2, -0.15) is 0 Å². The molecule has 0 saturated heterocycles. The molecule has 0 spiro atoms. The third-order valence-corrected chi connectivity index (χ3v) is 2.97. The average Bonchev–Trinajstić information content (AvgIpc) is 2.94. The molecule has 2 N–H and O–H groups in total. The van der Waals surface area contributed by atoms with Crippen molar-refractivity contribution in [3.63, 3.8) is 0 Å². The number of oxazole rings is 1. The lowest BCUT2D eigenvalue weighted by atomic mass is 10.3. The van der Waals surface area contributed by atoms with Crippen LogP contribution in [0.1, 0.15) is 31.7 Å². The van der Waals surface area contributed by atoms with Crippen molar-refractivity contribution in [2.75, 3.05) is 0 Å². The molecule has 0 aliphatic carbocycles. The van der Waals surface area contributed by atoms with Crippen LogP contribution in [0.3, 0.4) is 0 Å². The minimum Gasteiger partial charge on any atom is -0.476 e. The zero-order valence-corrected chi connectivity index (χ0v) is 10.2. The number of amides is 1. The van der Waals surface area contributed by atoms with Gasteiger partial charge in [-0.15, -0.1) is 11.3 Å². The van der Waals surface area contributed by atoms with E-state index in [0.717, 1.165) is 0 Å². The van der Waals surface area contributed by atoms with E-state index >= 15 is 0 Å². The van der Waals surface area contributed by atoms with Crippen LogP contribution in [0, 0.1) is 6.92 Å². The molecule has 0 fully saturated rings. The van der Waals surface area contributed by atoms with Crippen molar-refractivity contribution in [2.45, 2.75) is 13.5 Å². The van der Waals surface area contributed by atoms with Gasteiger partial charge in [-0.25, -0.2) is 14.8 Å². The largest absolute Gasteiger partial charge is 0.476 e. The van der Waals surface area contributed by atoms with Crippen LogP contribution in [0.4, 0.5) is 0 Å². The molecule has 1 amide bonds. The number of rotatable bonds is 4. The van der Waals surface area contributed by atoms with E-state index in [2.05, 4.69) is 15.3 Å². The first-order valence-corrected chi connectivity index (χ1v) is 5.82. The Kier molecular flexibility index (Phi) is 3.38. The Balaban J connectivity index is 1.97. The van der Waals surface area contributed by atoms with Crippen LogP contribution in [0.15, 0.2) is 16.2 Å². The second-order valence-electron chi connectivity index (χ2n) is 3.38. The van der Waals surface area contributed by atoms with Crippen molar-refractivity contribution in [3.05, 3.63) is 33.9 Å². The minimum absolute atomic E-state index is 0.0277. The van der Waals surface area contributed by atoms with E-state index in [1.54, 1.807) is 6.92 Å². The van der Waals surface area contributed by atoms with Crippen LogP contribution >= 0.6 is 11.3 Å². The van der Waals surface area contributed by atoms with E-state index in [1.807, 2.05) is 0 Å². The lowest BCUT2D eigenvalue weighted by Gasteiger charge is -1.99. The van der Waals surface area contributed by atoms with E-state index in [0.29, 0.717) is 10.7 Å². The number of nitrogens with one attached hydrogen (secondary N) is 1. The van der Waals surface area contributed by atoms with Crippen LogP contribution < -0.4 is 5.32 Å². The van der Waals surface area contributed by atoms with Gasteiger partial charge in [0, 0.05) is 5.38 Å². The number of thiazole rings is 1. The first-order valence-electron chi connectivity index (χ1n) is 4.94. The van der Waals surface area contributed by atoms with E-state index < -0.39 is 11.9 Å². The van der Waals surface area contributed by atoms with Gasteiger partial charge in [0.25, 0.3) is 5.91 Å². The van der Waals surface area contributed by atoms with Gasteiger partial charge < -0.3 is 14.8 Å². The molecule has 0 aromatic carbocycles. The highest BCUT2D eigenvalue weighted by molar-refractivity contribution is 7.09. The van der Waals surface area contributed by atoms with Crippen LogP contribution in [0.25, 0.3) is 0 Å². The summed E-state index contributed by atoms with van der Waals surface area (Å²) in [6.07, 6.45) is 1.19. The van der Waals surface area contributed by atoms with Gasteiger partial charge in [-0.3, -0.25) is 4.79 Å². The summed E-state index contributed by atoms with van der Waals surface area (Å²) >= 11 is 1.17. The van der Waals surface area contributed by atoms with Crippen molar-refractivity contribution < 1.29 is 19.1 Å². The molecule has 0 aliphatic rings. The summed E-state index contributed by atoms with van der Waals surface area (Å²) in [6, 6.07) is 0. The summed E-state index contributed by atoms with van der Waals surface area (Å²) in [4.78, 5) is 29.9. The summed E-state index contributed by atoms with van der Waals surface area (Å²) in [5, 5.41) is 13.2. The van der Waals surface area contributed by atoms with Crippen LogP contribution in [-0.4, -0.2) is 27.0 Å². The number of aryl methyl sites for hydroxylation is 1. The topological polar surface area (TPSA) is 105 Å². The van der Waals surface area contributed by atoms with Gasteiger partial charge in [0.1, 0.15) is 5.01 Å². The number of nitrogens with zero attached hydrogens (tertiary/aromatic N) is 2. The maximum absolute atomic E-state index is 11.7. The predicted molar refractivity (Wildman–Crippen MR) is 61.5 cm³/mol. The Hall–Kier alpha value is -2.22. The van der Waals surface area contributed by atoms with E-state index in [1.165, 1.54) is 23.1 Å². The van der Waals surface area contributed by atoms with Gasteiger partial charge >= 0.3 is 5.97 Å². The first-order chi connectivity index (χ1) is 8.58. The summed E-state index contributed by atoms with van der Waals surface area (Å²) < 4.78 is 4.92. The van der Waals surface area contributed by atoms with Crippen molar-refractivity contribution in [1.29, 1.82) is 0 Å². The third kappa shape index (κ3) is 2.54. The molecule has 94 valence electrons. The Bertz CT molecular complexity index is 589. The molecule has 2 aromatic rings. The lowest BCUT2D eigenvalue weighted by Crippen LogP contribution is -2.23. The molecule has 0 unspecified atom stereocenters. The number of carboxylic acids is 1. The SMILES string of the molecule is Cc1ncoc1C(=O)NCc1nc(C(=O)O)cs1. The number of hydrogen-bond acceptors (Lipinski definition) is 6. The van der Waals surface area contributed by atoms with Gasteiger partial charge in [0.05, 0.1) is 12.2 Å². The standard InChI is InChI=1S/C10H9N3O4S/c1-5-8(17-4-12-5)9(14)11-2-7-13-6(3-18-7)10(15)16/h3-4H,2H2,1H3,(H,11,14)(H,15,16). The molecule has 0 aliphatic heterocycles. The average molecular weight is 267 g/mol. The fraction of sp³-hybridized carbons (Fsp3) is 0.200. The van der Waals surface area contributed by atoms with E-state index in [-0.39, 0.29) is 18.0 Å². The second-order valence-corrected chi connectivity index (χ2v) is 4.32. The molecule has 2 rings (SSSR count). The summed E-state index contributed by atoms with van der Waals surface area (Å²) in [6.45, 7) is 1.81. The maximum Gasteiger partial charge on any atom is 0.355 e. The van der Waals surface area contributed by atoms with Crippen molar-refractivity contribution in [2.24, 2.45) is 0 Å². The lowest BCUT2D eigenvalue weighted by molar-refractivity contribution is 0.0691. The van der Waals surface area contributed by atoms with E-state index in [4.69, 9.17) is 9.52 Å². The number of hydrogen-bond donors (Lipinski definition) is 2. The fourth-order valence-electron chi connectivity index (χ4n) is 1.25. The van der Waals surface area contributed by atoms with Crippen molar-refractivity contribution in [1.82, 2.24) is 15.3 Å². The first kappa shape index (κ1) is 12.2. The number of carbonyl (C=O) groups is 2. The van der Waals surface area contributed by atoms with Crippen molar-refractivity contribution in [3.8, 4) is 0 Å². The molecule has 8 heteroatoms. The number of aromatic nitrogens is 2. The molecular formula is C10H9N3O4S. The minimum atomic E-state index is -1.09. The molecule has 0 saturated carbocycles. The molecule has 7 nitrogen and oxygen atoms in total. The second kappa shape index (κ2) is 4.96. The molecule has 0 bridgehead atoms. The maximum atomic E-state index is 11.7. The molecule has 0 atom stereocenters. The number of carbonyl (C=O) groups excluding carboxylic acids is 1. The molecule has 2 aromatic heterocycles. The Morgan fingerprint density at radius 3 is 2.89 bits per heavy atom. The summed E-state index contributed by atoms with van der Waals surface area (Å²) in [5.41, 5.74) is 0.470. The molecule has 2 heterocycles. The Morgan fingerprint density at radius 1 is 1.56 bits per heavy atom. The molecular weight excluding hydrogens is 258 g/mol. The highest BCUT2D eigenvalue weighted by atomic mass is 32.1. The smallest absolute Gasteiger partial charge is 0.355 e. The number of carboxylic acid groups (broad SMARTS) is 1. The monoisotopic (exact) mass is 267 g/mol. The van der Waals surface area contributed by atoms with Crippen LogP contribution in [-0.2, 0) is 6.54 Å². The van der Waals surface area contributed by atoms with Gasteiger partial charge in [0.15, 0.2) is 12.1 Å². The molecule has 18 heavy (non-hydrogen) atoms. The highest BCUT2D eigenvalue weighted by Crippen LogP contribution is 2.10. The Morgan fingerprint density at radius 2 is 2.33 bits per heavy atom. The third-order valence-electron chi connectivity index (χ3n) is 2.12. The Labute approximate surface area is 105 Å². The van der Waals surface area contributed by atoms with Gasteiger partial charge in [0.2, 0.25) is 5.76 Å². The predicted octanol–water partition coefficient (Wildman–Crippen LogP) is 1.07. The molecule has 0 radical (unpaired) electrons. The van der Waals surface area contributed by atoms with Gasteiger partial charge in [-0.1, -0.05) is 0 Å². The summed E-state index contributed by atoms with van der Waals surface area (Å²) in [7, 11) is 0. The van der Waals surface area contributed by atoms with Crippen LogP contribution in [0.5, 0.6) is 0 Å². The highest BCUT2D eigenvalue weighted by Gasteiger charge is 2.14. The zero-order chi connectivity index (χ0) is 13.1. The number of aromatic carboxylic acids is 1. The zero-order valence-electron chi connectivity index (χ0n) is 9.34. The van der Waals surface area contributed by atoms with E-state index in [9.17, 15) is 9.59 Å². The fourth-order valence-corrected chi connectivity index (χ4v) is 1.95. The van der Waals surface area contributed by atoms with Gasteiger partial charge in [-0.05, 0) is 6.92 Å².